The summed E-state index contributed by atoms with van der Waals surface area (Å²) < 4.78 is 23.0. The summed E-state index contributed by atoms with van der Waals surface area (Å²) in [5.41, 5.74) is 0. The molecule has 0 aromatic heterocycles. The number of nitrogens with zero attached hydrogens (tertiary/aromatic N) is 1. The quantitative estimate of drug-likeness (QED) is 0.404. The zero-order valence-corrected chi connectivity index (χ0v) is 9.13. The van der Waals surface area contributed by atoms with Crippen LogP contribution in [0.1, 0.15) is 27.7 Å². The number of hydrogen-bond donors (Lipinski definition) is 1. The Hall–Kier alpha value is -0.620. The van der Waals surface area contributed by atoms with Crippen molar-refractivity contribution in [2.75, 3.05) is 0 Å². The van der Waals surface area contributed by atoms with E-state index in [1.165, 1.54) is 13.8 Å². The van der Waals surface area contributed by atoms with Crippen molar-refractivity contribution in [3.05, 3.63) is 0 Å². The van der Waals surface area contributed by atoms with Crippen molar-refractivity contribution in [1.82, 2.24) is 4.41 Å². The van der Waals surface area contributed by atoms with Gasteiger partial charge in [0, 0.05) is 5.92 Å². The van der Waals surface area contributed by atoms with Gasteiger partial charge >= 0.3 is 0 Å². The summed E-state index contributed by atoms with van der Waals surface area (Å²) in [6.45, 7) is 6.14. The summed E-state index contributed by atoms with van der Waals surface area (Å²) in [6, 6.07) is 0. The van der Waals surface area contributed by atoms with Crippen LogP contribution in [0.5, 0.6) is 0 Å². The third-order valence-corrected chi connectivity index (χ3v) is 3.50. The van der Waals surface area contributed by atoms with E-state index in [-0.39, 0.29) is 0 Å². The molecule has 0 atom stereocenters. The highest BCUT2D eigenvalue weighted by Crippen LogP contribution is 2.07. The van der Waals surface area contributed by atoms with E-state index in [9.17, 15) is 13.2 Å². The monoisotopic (exact) mass is 208 g/mol. The number of amides is 1. The van der Waals surface area contributed by atoms with E-state index in [0.29, 0.717) is 4.41 Å². The summed E-state index contributed by atoms with van der Waals surface area (Å²) in [5.74, 6) is 4.19. The summed E-state index contributed by atoms with van der Waals surface area (Å²) >= 11 is 0. The van der Waals surface area contributed by atoms with Gasteiger partial charge in [0.05, 0.1) is 5.25 Å². The Morgan fingerprint density at radius 2 is 1.62 bits per heavy atom. The van der Waals surface area contributed by atoms with Crippen LogP contribution in [-0.4, -0.2) is 24.0 Å². The van der Waals surface area contributed by atoms with Crippen molar-refractivity contribution in [1.29, 1.82) is 0 Å². The standard InChI is InChI=1S/C7H16N2O3S/c1-5(2)7(10)9(8)13(11,12)6(3)4/h5-6H,8H2,1-4H3. The normalized spacial score (nSPS) is 12.2. The molecule has 0 fully saturated rings. The first-order chi connectivity index (χ1) is 5.71. The van der Waals surface area contributed by atoms with Crippen LogP contribution in [0.15, 0.2) is 0 Å². The molecule has 0 unspecified atom stereocenters. The fraction of sp³-hybridized carbons (Fsp3) is 0.857. The highest BCUT2D eigenvalue weighted by Gasteiger charge is 2.28. The fourth-order valence-electron chi connectivity index (χ4n) is 0.607. The molecule has 0 aromatic carbocycles. The molecule has 0 aliphatic rings. The number of sulfonamides is 1. The highest BCUT2D eigenvalue weighted by atomic mass is 32.2. The van der Waals surface area contributed by atoms with E-state index in [4.69, 9.17) is 5.84 Å². The Morgan fingerprint density at radius 3 is 1.85 bits per heavy atom. The maximum absolute atomic E-state index is 11.4. The van der Waals surface area contributed by atoms with Gasteiger partial charge in [-0.3, -0.25) is 4.79 Å². The molecule has 13 heavy (non-hydrogen) atoms. The van der Waals surface area contributed by atoms with Crippen LogP contribution >= 0.6 is 0 Å². The summed E-state index contributed by atoms with van der Waals surface area (Å²) in [6.07, 6.45) is 0. The van der Waals surface area contributed by atoms with Crippen LogP contribution in [0.3, 0.4) is 0 Å². The second-order valence-electron chi connectivity index (χ2n) is 3.38. The third kappa shape index (κ3) is 2.67. The second kappa shape index (κ2) is 4.06. The molecular weight excluding hydrogens is 192 g/mol. The van der Waals surface area contributed by atoms with E-state index in [0.717, 1.165) is 0 Å². The zero-order valence-electron chi connectivity index (χ0n) is 8.31. The fourth-order valence-corrected chi connectivity index (χ4v) is 1.52. The number of hydrazine groups is 1. The molecule has 0 bridgehead atoms. The smallest absolute Gasteiger partial charge is 0.253 e. The average molecular weight is 208 g/mol. The van der Waals surface area contributed by atoms with Crippen molar-refractivity contribution in [2.24, 2.45) is 11.8 Å². The van der Waals surface area contributed by atoms with Crippen LogP contribution in [0.2, 0.25) is 0 Å². The Kier molecular flexibility index (Phi) is 3.87. The lowest BCUT2D eigenvalue weighted by Crippen LogP contribution is -2.47. The van der Waals surface area contributed by atoms with Crippen LogP contribution < -0.4 is 5.84 Å². The predicted molar refractivity (Wildman–Crippen MR) is 49.9 cm³/mol. The highest BCUT2D eigenvalue weighted by molar-refractivity contribution is 7.90. The average Bonchev–Trinajstić information content (AvgIpc) is 2.01. The number of rotatable bonds is 3. The number of nitrogens with two attached hydrogens (primary N) is 1. The maximum atomic E-state index is 11.4. The Morgan fingerprint density at radius 1 is 1.23 bits per heavy atom. The molecule has 6 heteroatoms. The minimum Gasteiger partial charge on any atom is -0.272 e. The van der Waals surface area contributed by atoms with Gasteiger partial charge in [0.1, 0.15) is 0 Å². The molecule has 0 radical (unpaired) electrons. The molecule has 0 aliphatic heterocycles. The summed E-state index contributed by atoms with van der Waals surface area (Å²) in [7, 11) is -3.66. The molecule has 0 rings (SSSR count). The van der Waals surface area contributed by atoms with E-state index < -0.39 is 27.1 Å². The Labute approximate surface area is 78.9 Å². The first-order valence-corrected chi connectivity index (χ1v) is 5.54. The van der Waals surface area contributed by atoms with Gasteiger partial charge in [-0.15, -0.1) is 0 Å². The summed E-state index contributed by atoms with van der Waals surface area (Å²) in [5, 5.41) is -0.680. The SMILES string of the molecule is CC(C)C(=O)N(N)S(=O)(=O)C(C)C. The van der Waals surface area contributed by atoms with Gasteiger partial charge in [-0.05, 0) is 13.8 Å². The summed E-state index contributed by atoms with van der Waals surface area (Å²) in [4.78, 5) is 11.2. The van der Waals surface area contributed by atoms with Gasteiger partial charge in [0.25, 0.3) is 15.9 Å². The number of hydrogen-bond acceptors (Lipinski definition) is 4. The topological polar surface area (TPSA) is 80.5 Å². The molecular formula is C7H16N2O3S. The molecule has 5 nitrogen and oxygen atoms in total. The van der Waals surface area contributed by atoms with Crippen molar-refractivity contribution in [3.8, 4) is 0 Å². The molecule has 0 saturated heterocycles. The van der Waals surface area contributed by atoms with Crippen LogP contribution in [0.4, 0.5) is 0 Å². The van der Waals surface area contributed by atoms with Crippen LogP contribution in [-0.2, 0) is 14.8 Å². The third-order valence-electron chi connectivity index (χ3n) is 1.58. The molecule has 0 spiro atoms. The van der Waals surface area contributed by atoms with Crippen molar-refractivity contribution >= 4 is 15.9 Å². The van der Waals surface area contributed by atoms with Gasteiger partial charge in [-0.25, -0.2) is 14.3 Å². The molecule has 2 N–H and O–H groups in total. The van der Waals surface area contributed by atoms with Gasteiger partial charge in [-0.2, -0.15) is 4.41 Å². The van der Waals surface area contributed by atoms with Gasteiger partial charge < -0.3 is 0 Å². The number of carbonyl (C=O) groups excluding carboxylic acids is 1. The minimum atomic E-state index is -3.66. The van der Waals surface area contributed by atoms with Crippen molar-refractivity contribution < 1.29 is 13.2 Å². The lowest BCUT2D eigenvalue weighted by atomic mass is 10.2. The Bertz CT molecular complexity index is 282. The molecule has 0 saturated carbocycles. The van der Waals surface area contributed by atoms with Crippen LogP contribution in [0.25, 0.3) is 0 Å². The van der Waals surface area contributed by atoms with E-state index in [2.05, 4.69) is 0 Å². The lowest BCUT2D eigenvalue weighted by Gasteiger charge is -2.20. The lowest BCUT2D eigenvalue weighted by molar-refractivity contribution is -0.129. The zero-order chi connectivity index (χ0) is 10.8. The largest absolute Gasteiger partial charge is 0.272 e. The van der Waals surface area contributed by atoms with Gasteiger partial charge in [0.15, 0.2) is 0 Å². The molecule has 78 valence electrons. The van der Waals surface area contributed by atoms with E-state index in [1.807, 2.05) is 0 Å². The first-order valence-electron chi connectivity index (χ1n) is 4.04. The van der Waals surface area contributed by atoms with Crippen molar-refractivity contribution in [2.45, 2.75) is 32.9 Å². The van der Waals surface area contributed by atoms with Gasteiger partial charge in [0.2, 0.25) is 0 Å². The Balaban J connectivity index is 4.81. The number of carbonyl (C=O) groups is 1. The second-order valence-corrected chi connectivity index (χ2v) is 5.75. The van der Waals surface area contributed by atoms with Crippen LogP contribution in [0, 0.1) is 5.92 Å². The minimum absolute atomic E-state index is 0.336. The molecule has 0 aliphatic carbocycles. The van der Waals surface area contributed by atoms with E-state index in [1.54, 1.807) is 13.8 Å². The van der Waals surface area contributed by atoms with Crippen molar-refractivity contribution in [3.63, 3.8) is 0 Å². The molecule has 0 aromatic rings. The maximum Gasteiger partial charge on any atom is 0.253 e. The molecule has 0 heterocycles. The first kappa shape index (κ1) is 12.4. The van der Waals surface area contributed by atoms with E-state index >= 15 is 0 Å². The molecule has 1 amide bonds. The van der Waals surface area contributed by atoms with Gasteiger partial charge in [-0.1, -0.05) is 13.8 Å². The predicted octanol–water partition coefficient (Wildman–Crippen LogP) is 0.0829.